The first kappa shape index (κ1) is 15.0. The number of amides is 2. The molecule has 1 aromatic heterocycles. The summed E-state index contributed by atoms with van der Waals surface area (Å²) in [6.07, 6.45) is 0. The standard InChI is InChI=1S/C15H12N4O3/c16-8-11-4-2-6-14(19-11)22-12-5-1-3-10(7-12)15(21)18-9-13(17)20/h1-7H,9H2,(H2,17,20)(H,18,21). The summed E-state index contributed by atoms with van der Waals surface area (Å²) in [5.74, 6) is -0.440. The maximum atomic E-state index is 11.8. The highest BCUT2D eigenvalue weighted by Crippen LogP contribution is 2.20. The summed E-state index contributed by atoms with van der Waals surface area (Å²) in [5.41, 5.74) is 5.51. The van der Waals surface area contributed by atoms with E-state index in [1.165, 1.54) is 6.07 Å². The fraction of sp³-hybridized carbons (Fsp3) is 0.0667. The van der Waals surface area contributed by atoms with Crippen LogP contribution in [0.3, 0.4) is 0 Å². The van der Waals surface area contributed by atoms with E-state index in [2.05, 4.69) is 10.3 Å². The van der Waals surface area contributed by atoms with E-state index in [9.17, 15) is 9.59 Å². The third kappa shape index (κ3) is 4.05. The Kier molecular flexibility index (Phi) is 4.67. The number of nitrogens with zero attached hydrogens (tertiary/aromatic N) is 2. The van der Waals surface area contributed by atoms with E-state index in [0.717, 1.165) is 0 Å². The van der Waals surface area contributed by atoms with Crippen LogP contribution < -0.4 is 15.8 Å². The number of ether oxygens (including phenoxy) is 1. The minimum Gasteiger partial charge on any atom is -0.439 e. The number of carbonyl (C=O) groups is 2. The number of pyridine rings is 1. The zero-order valence-electron chi connectivity index (χ0n) is 11.4. The van der Waals surface area contributed by atoms with Crippen molar-refractivity contribution in [1.29, 1.82) is 5.26 Å². The Morgan fingerprint density at radius 3 is 2.77 bits per heavy atom. The fourth-order valence-corrected chi connectivity index (χ4v) is 1.62. The van der Waals surface area contributed by atoms with E-state index in [-0.39, 0.29) is 18.1 Å². The first-order valence-corrected chi connectivity index (χ1v) is 6.30. The normalized spacial score (nSPS) is 9.59. The first-order chi connectivity index (χ1) is 10.6. The molecule has 1 heterocycles. The van der Waals surface area contributed by atoms with Crippen LogP contribution in [0, 0.1) is 11.3 Å². The van der Waals surface area contributed by atoms with Gasteiger partial charge in [0, 0.05) is 11.6 Å². The van der Waals surface area contributed by atoms with Gasteiger partial charge in [0.15, 0.2) is 0 Å². The number of nitrogens with two attached hydrogens (primary N) is 1. The lowest BCUT2D eigenvalue weighted by molar-refractivity contribution is -0.117. The number of hydrogen-bond donors (Lipinski definition) is 2. The minimum atomic E-state index is -0.627. The Bertz CT molecular complexity index is 752. The quantitative estimate of drug-likeness (QED) is 0.852. The van der Waals surface area contributed by atoms with Gasteiger partial charge in [-0.25, -0.2) is 4.98 Å². The van der Waals surface area contributed by atoms with E-state index < -0.39 is 11.8 Å². The SMILES string of the molecule is N#Cc1cccc(Oc2cccc(C(=O)NCC(N)=O)c2)n1. The second-order valence-corrected chi connectivity index (χ2v) is 4.25. The lowest BCUT2D eigenvalue weighted by atomic mass is 10.2. The van der Waals surface area contributed by atoms with Gasteiger partial charge in [-0.1, -0.05) is 12.1 Å². The van der Waals surface area contributed by atoms with Gasteiger partial charge in [-0.05, 0) is 24.3 Å². The minimum absolute atomic E-state index is 0.229. The number of primary amides is 1. The Balaban J connectivity index is 2.12. The molecule has 0 unspecified atom stereocenters. The van der Waals surface area contributed by atoms with Crippen LogP contribution in [0.2, 0.25) is 0 Å². The Morgan fingerprint density at radius 2 is 2.05 bits per heavy atom. The molecular weight excluding hydrogens is 284 g/mol. The molecule has 3 N–H and O–H groups in total. The number of nitrogens with one attached hydrogen (secondary N) is 1. The van der Waals surface area contributed by atoms with E-state index >= 15 is 0 Å². The zero-order chi connectivity index (χ0) is 15.9. The summed E-state index contributed by atoms with van der Waals surface area (Å²) in [5, 5.41) is 11.2. The van der Waals surface area contributed by atoms with Crippen molar-refractivity contribution in [3.05, 3.63) is 53.7 Å². The number of hydrogen-bond acceptors (Lipinski definition) is 5. The van der Waals surface area contributed by atoms with Crippen LogP contribution in [0.5, 0.6) is 11.6 Å². The molecular formula is C15H12N4O3. The second-order valence-electron chi connectivity index (χ2n) is 4.25. The molecule has 2 amide bonds. The molecule has 0 aliphatic carbocycles. The van der Waals surface area contributed by atoms with Crippen LogP contribution >= 0.6 is 0 Å². The predicted molar refractivity (Wildman–Crippen MR) is 77.0 cm³/mol. The van der Waals surface area contributed by atoms with Gasteiger partial charge in [-0.15, -0.1) is 0 Å². The van der Waals surface area contributed by atoms with Crippen molar-refractivity contribution in [1.82, 2.24) is 10.3 Å². The summed E-state index contributed by atoms with van der Waals surface area (Å²) >= 11 is 0. The van der Waals surface area contributed by atoms with Gasteiger partial charge in [0.1, 0.15) is 17.5 Å². The van der Waals surface area contributed by atoms with Crippen molar-refractivity contribution >= 4 is 11.8 Å². The molecule has 0 fully saturated rings. The number of carbonyl (C=O) groups excluding carboxylic acids is 2. The van der Waals surface area contributed by atoms with Crippen molar-refractivity contribution in [3.63, 3.8) is 0 Å². The third-order valence-corrected chi connectivity index (χ3v) is 2.58. The molecule has 0 aliphatic rings. The fourth-order valence-electron chi connectivity index (χ4n) is 1.62. The van der Waals surface area contributed by atoms with Gasteiger partial charge in [-0.2, -0.15) is 5.26 Å². The highest BCUT2D eigenvalue weighted by Gasteiger charge is 2.08. The van der Waals surface area contributed by atoms with Gasteiger partial charge in [0.05, 0.1) is 6.54 Å². The smallest absolute Gasteiger partial charge is 0.251 e. The summed E-state index contributed by atoms with van der Waals surface area (Å²) in [6, 6.07) is 13.0. The molecule has 110 valence electrons. The number of aromatic nitrogens is 1. The molecule has 0 spiro atoms. The van der Waals surface area contributed by atoms with Gasteiger partial charge in [0.2, 0.25) is 11.8 Å². The maximum absolute atomic E-state index is 11.8. The van der Waals surface area contributed by atoms with Crippen LogP contribution in [0.15, 0.2) is 42.5 Å². The van der Waals surface area contributed by atoms with E-state index in [0.29, 0.717) is 11.3 Å². The lowest BCUT2D eigenvalue weighted by Gasteiger charge is -2.07. The van der Waals surface area contributed by atoms with Gasteiger partial charge < -0.3 is 15.8 Å². The van der Waals surface area contributed by atoms with Crippen LogP contribution in [-0.2, 0) is 4.79 Å². The van der Waals surface area contributed by atoms with E-state index in [4.69, 9.17) is 15.7 Å². The van der Waals surface area contributed by atoms with Crippen LogP contribution in [0.1, 0.15) is 16.1 Å². The maximum Gasteiger partial charge on any atom is 0.251 e. The average molecular weight is 296 g/mol. The number of nitriles is 1. The molecule has 0 atom stereocenters. The van der Waals surface area contributed by atoms with Crippen molar-refractivity contribution in [2.24, 2.45) is 5.73 Å². The molecule has 2 rings (SSSR count). The van der Waals surface area contributed by atoms with Crippen molar-refractivity contribution in [3.8, 4) is 17.7 Å². The Morgan fingerprint density at radius 1 is 1.27 bits per heavy atom. The van der Waals surface area contributed by atoms with E-state index in [1.54, 1.807) is 36.4 Å². The van der Waals surface area contributed by atoms with Crippen molar-refractivity contribution in [2.45, 2.75) is 0 Å². The average Bonchev–Trinajstić information content (AvgIpc) is 2.53. The van der Waals surface area contributed by atoms with Gasteiger partial charge in [-0.3, -0.25) is 9.59 Å². The van der Waals surface area contributed by atoms with Gasteiger partial charge in [0.25, 0.3) is 5.91 Å². The highest BCUT2D eigenvalue weighted by atomic mass is 16.5. The molecule has 22 heavy (non-hydrogen) atoms. The summed E-state index contributed by atoms with van der Waals surface area (Å²) in [6.45, 7) is -0.240. The third-order valence-electron chi connectivity index (χ3n) is 2.58. The molecule has 7 nitrogen and oxygen atoms in total. The molecule has 0 radical (unpaired) electrons. The molecule has 0 bridgehead atoms. The molecule has 0 saturated carbocycles. The predicted octanol–water partition coefficient (Wildman–Crippen LogP) is 0.961. The summed E-state index contributed by atoms with van der Waals surface area (Å²) in [4.78, 5) is 26.4. The molecule has 1 aromatic carbocycles. The Hall–Kier alpha value is -3.40. The van der Waals surface area contributed by atoms with Gasteiger partial charge >= 0.3 is 0 Å². The molecule has 0 aliphatic heterocycles. The Labute approximate surface area is 126 Å². The van der Waals surface area contributed by atoms with E-state index in [1.807, 2.05) is 6.07 Å². The molecule has 7 heteroatoms. The number of benzene rings is 1. The highest BCUT2D eigenvalue weighted by molar-refractivity contribution is 5.96. The second kappa shape index (κ2) is 6.85. The van der Waals surface area contributed by atoms with Crippen LogP contribution in [0.4, 0.5) is 0 Å². The summed E-state index contributed by atoms with van der Waals surface area (Å²) < 4.78 is 5.50. The van der Waals surface area contributed by atoms with Crippen molar-refractivity contribution < 1.29 is 14.3 Å². The topological polar surface area (TPSA) is 118 Å². The first-order valence-electron chi connectivity index (χ1n) is 6.30. The molecule has 0 saturated heterocycles. The largest absolute Gasteiger partial charge is 0.439 e. The monoisotopic (exact) mass is 296 g/mol. The van der Waals surface area contributed by atoms with Crippen molar-refractivity contribution in [2.75, 3.05) is 6.54 Å². The van der Waals surface area contributed by atoms with Crippen LogP contribution in [0.25, 0.3) is 0 Å². The molecule has 2 aromatic rings. The van der Waals surface area contributed by atoms with Crippen LogP contribution in [-0.4, -0.2) is 23.3 Å². The zero-order valence-corrected chi connectivity index (χ0v) is 11.4. The summed E-state index contributed by atoms with van der Waals surface area (Å²) in [7, 11) is 0. The number of rotatable bonds is 5. The lowest BCUT2D eigenvalue weighted by Crippen LogP contribution is -2.33.